The van der Waals surface area contributed by atoms with Crippen molar-refractivity contribution in [2.24, 2.45) is 11.8 Å². The molecule has 2 unspecified atom stereocenters. The molecule has 0 aromatic heterocycles. The molecule has 11 nitrogen and oxygen atoms in total. The highest BCUT2D eigenvalue weighted by molar-refractivity contribution is 6.03. The average molecular weight is 625 g/mol. The van der Waals surface area contributed by atoms with Crippen molar-refractivity contribution in [3.8, 4) is 5.75 Å². The molecule has 11 heteroatoms. The maximum Gasteiger partial charge on any atom is 0.248 e. The van der Waals surface area contributed by atoms with Crippen LogP contribution in [-0.4, -0.2) is 127 Å². The van der Waals surface area contributed by atoms with Gasteiger partial charge in [0.2, 0.25) is 17.7 Å². The molecule has 1 aromatic rings. The SMILES string of the molecule is C=CCN(CCN1CCOCC1)C(=O)C1N(CCCO)C(=O)[C@@H]2[C@@H](C(=O)N(CC=C)c3ccc(OCC)cc3)[C@@]3(C)CCC12O3. The molecule has 4 aliphatic rings. The summed E-state index contributed by atoms with van der Waals surface area (Å²) >= 11 is 0. The molecule has 45 heavy (non-hydrogen) atoms. The Balaban J connectivity index is 1.47. The fraction of sp³-hybridized carbons (Fsp3) is 0.618. The topological polar surface area (TPSA) is 112 Å². The van der Waals surface area contributed by atoms with E-state index in [1.54, 1.807) is 26.9 Å². The number of aliphatic hydroxyl groups is 1. The van der Waals surface area contributed by atoms with E-state index in [0.29, 0.717) is 70.2 Å². The van der Waals surface area contributed by atoms with Gasteiger partial charge in [-0.1, -0.05) is 12.2 Å². The molecule has 5 atom stereocenters. The summed E-state index contributed by atoms with van der Waals surface area (Å²) < 4.78 is 17.9. The summed E-state index contributed by atoms with van der Waals surface area (Å²) in [5.41, 5.74) is -1.39. The van der Waals surface area contributed by atoms with E-state index in [4.69, 9.17) is 14.2 Å². The fourth-order valence-electron chi connectivity index (χ4n) is 7.78. The van der Waals surface area contributed by atoms with Gasteiger partial charge in [-0.15, -0.1) is 13.2 Å². The summed E-state index contributed by atoms with van der Waals surface area (Å²) in [4.78, 5) is 50.8. The zero-order valence-corrected chi connectivity index (χ0v) is 26.7. The minimum absolute atomic E-state index is 0.123. The number of benzene rings is 1. The highest BCUT2D eigenvalue weighted by Crippen LogP contribution is 2.63. The van der Waals surface area contributed by atoms with Crippen LogP contribution in [0, 0.1) is 11.8 Å². The number of likely N-dealkylation sites (tertiary alicyclic amines) is 1. The summed E-state index contributed by atoms with van der Waals surface area (Å²) in [6.07, 6.45) is 4.72. The average Bonchev–Trinajstić information content (AvgIpc) is 3.61. The van der Waals surface area contributed by atoms with E-state index < -0.39 is 29.1 Å². The highest BCUT2D eigenvalue weighted by atomic mass is 16.5. The normalized spacial score (nSPS) is 29.0. The Morgan fingerprint density at radius 2 is 1.80 bits per heavy atom. The number of morpholine rings is 1. The molecule has 4 heterocycles. The monoisotopic (exact) mass is 624 g/mol. The zero-order valence-electron chi connectivity index (χ0n) is 26.7. The molecule has 1 spiro atoms. The predicted molar refractivity (Wildman–Crippen MR) is 170 cm³/mol. The van der Waals surface area contributed by atoms with Crippen molar-refractivity contribution in [1.29, 1.82) is 0 Å². The number of hydrogen-bond donors (Lipinski definition) is 1. The van der Waals surface area contributed by atoms with Crippen molar-refractivity contribution >= 4 is 23.4 Å². The lowest BCUT2D eigenvalue weighted by Crippen LogP contribution is -2.57. The molecular formula is C34H48N4O7. The van der Waals surface area contributed by atoms with Gasteiger partial charge < -0.3 is 34.0 Å². The largest absolute Gasteiger partial charge is 0.494 e. The van der Waals surface area contributed by atoms with Gasteiger partial charge in [0.05, 0.1) is 37.3 Å². The lowest BCUT2D eigenvalue weighted by atomic mass is 9.66. The Hall–Kier alpha value is -3.25. The van der Waals surface area contributed by atoms with Gasteiger partial charge in [-0.3, -0.25) is 19.3 Å². The smallest absolute Gasteiger partial charge is 0.248 e. The van der Waals surface area contributed by atoms with Crippen LogP contribution < -0.4 is 9.64 Å². The second-order valence-corrected chi connectivity index (χ2v) is 12.5. The van der Waals surface area contributed by atoms with Crippen molar-refractivity contribution in [2.75, 3.05) is 77.1 Å². The molecule has 4 saturated heterocycles. The van der Waals surface area contributed by atoms with E-state index in [-0.39, 0.29) is 37.4 Å². The van der Waals surface area contributed by atoms with E-state index in [2.05, 4.69) is 18.1 Å². The second-order valence-electron chi connectivity index (χ2n) is 12.5. The van der Waals surface area contributed by atoms with Gasteiger partial charge in [0.15, 0.2) is 0 Å². The summed E-state index contributed by atoms with van der Waals surface area (Å²) in [5.74, 6) is -1.61. The standard InChI is InChI=1S/C34H48N4O7/c1-5-15-36(19-18-35-20-23-43-24-21-35)32(42)29-34-14-13-33(4,45-34)27(28(34)31(41)38(29)17-8-22-39)30(40)37(16-6-2)25-9-11-26(12-10-25)44-7-3/h5-6,9-12,27-29,39H,1-2,7-8,13-24H2,3-4H3/t27-,28-,29?,33+,34?/m0/s1. The van der Waals surface area contributed by atoms with Crippen LogP contribution >= 0.6 is 0 Å². The number of nitrogens with zero attached hydrogens (tertiary/aromatic N) is 4. The first-order chi connectivity index (χ1) is 21.7. The third kappa shape index (κ3) is 6.15. The first kappa shape index (κ1) is 33.1. The first-order valence-corrected chi connectivity index (χ1v) is 16.2. The van der Waals surface area contributed by atoms with E-state index in [0.717, 1.165) is 13.1 Å². The molecular weight excluding hydrogens is 576 g/mol. The first-order valence-electron chi connectivity index (χ1n) is 16.2. The van der Waals surface area contributed by atoms with Crippen LogP contribution in [0.2, 0.25) is 0 Å². The number of ether oxygens (including phenoxy) is 3. The van der Waals surface area contributed by atoms with E-state index >= 15 is 0 Å². The Morgan fingerprint density at radius 3 is 2.44 bits per heavy atom. The van der Waals surface area contributed by atoms with Gasteiger partial charge in [0.1, 0.15) is 17.4 Å². The number of rotatable bonds is 15. The van der Waals surface area contributed by atoms with E-state index in [1.165, 1.54) is 0 Å². The number of amides is 3. The summed E-state index contributed by atoms with van der Waals surface area (Å²) in [6.45, 7) is 16.8. The van der Waals surface area contributed by atoms with Gasteiger partial charge in [-0.2, -0.15) is 0 Å². The molecule has 4 aliphatic heterocycles. The zero-order chi connectivity index (χ0) is 32.2. The Morgan fingerprint density at radius 1 is 1.09 bits per heavy atom. The highest BCUT2D eigenvalue weighted by Gasteiger charge is 2.78. The Kier molecular flexibility index (Phi) is 10.3. The van der Waals surface area contributed by atoms with Gasteiger partial charge >= 0.3 is 0 Å². The predicted octanol–water partition coefficient (Wildman–Crippen LogP) is 2.10. The third-order valence-electron chi connectivity index (χ3n) is 9.82. The third-order valence-corrected chi connectivity index (χ3v) is 9.82. The maximum atomic E-state index is 14.6. The Bertz CT molecular complexity index is 1250. The molecule has 5 rings (SSSR count). The molecule has 4 fully saturated rings. The molecule has 1 aromatic carbocycles. The van der Waals surface area contributed by atoms with Gasteiger partial charge in [0.25, 0.3) is 0 Å². The summed E-state index contributed by atoms with van der Waals surface area (Å²) in [5, 5.41) is 9.71. The quantitative estimate of drug-likeness (QED) is 0.296. The molecule has 0 radical (unpaired) electrons. The molecule has 0 aliphatic carbocycles. The van der Waals surface area contributed by atoms with Gasteiger partial charge in [-0.05, 0) is 57.4 Å². The minimum atomic E-state index is -1.14. The number of hydrogen-bond acceptors (Lipinski definition) is 8. The minimum Gasteiger partial charge on any atom is -0.494 e. The van der Waals surface area contributed by atoms with Gasteiger partial charge in [0, 0.05) is 58.1 Å². The molecule has 246 valence electrons. The lowest BCUT2D eigenvalue weighted by Gasteiger charge is -2.37. The van der Waals surface area contributed by atoms with Crippen LogP contribution in [0.1, 0.15) is 33.1 Å². The van der Waals surface area contributed by atoms with Crippen LogP contribution in [0.3, 0.4) is 0 Å². The number of anilines is 1. The van der Waals surface area contributed by atoms with Crippen LogP contribution in [0.5, 0.6) is 5.75 Å². The van der Waals surface area contributed by atoms with Crippen molar-refractivity contribution in [2.45, 2.75) is 50.4 Å². The number of aliphatic hydroxyl groups excluding tert-OH is 1. The maximum absolute atomic E-state index is 14.6. The van der Waals surface area contributed by atoms with Gasteiger partial charge in [-0.25, -0.2) is 0 Å². The number of carbonyl (C=O) groups is 3. The number of fused-ring (bicyclic) bond motifs is 1. The molecule has 2 bridgehead atoms. The molecule has 1 N–H and O–H groups in total. The van der Waals surface area contributed by atoms with Crippen molar-refractivity contribution in [3.05, 3.63) is 49.6 Å². The van der Waals surface area contributed by atoms with E-state index in [9.17, 15) is 19.5 Å². The van der Waals surface area contributed by atoms with Crippen LogP contribution in [0.15, 0.2) is 49.6 Å². The summed E-state index contributed by atoms with van der Waals surface area (Å²) in [7, 11) is 0. The Labute approximate surface area is 266 Å². The summed E-state index contributed by atoms with van der Waals surface area (Å²) in [6, 6.07) is 6.40. The van der Waals surface area contributed by atoms with Crippen LogP contribution in [-0.2, 0) is 23.9 Å². The lowest BCUT2D eigenvalue weighted by molar-refractivity contribution is -0.151. The van der Waals surface area contributed by atoms with Crippen LogP contribution in [0.25, 0.3) is 0 Å². The van der Waals surface area contributed by atoms with Crippen LogP contribution in [0.4, 0.5) is 5.69 Å². The fourth-order valence-corrected chi connectivity index (χ4v) is 7.78. The second kappa shape index (κ2) is 14.0. The van der Waals surface area contributed by atoms with E-state index in [1.807, 2.05) is 38.1 Å². The van der Waals surface area contributed by atoms with Crippen molar-refractivity contribution in [3.63, 3.8) is 0 Å². The molecule has 0 saturated carbocycles. The molecule has 3 amide bonds. The van der Waals surface area contributed by atoms with Crippen molar-refractivity contribution in [1.82, 2.24) is 14.7 Å². The van der Waals surface area contributed by atoms with Crippen molar-refractivity contribution < 1.29 is 33.7 Å². The number of carbonyl (C=O) groups excluding carboxylic acids is 3.